The lowest BCUT2D eigenvalue weighted by Gasteiger charge is -1.97. The van der Waals surface area contributed by atoms with Crippen molar-refractivity contribution in [3.05, 3.63) is 35.9 Å². The van der Waals surface area contributed by atoms with Crippen LogP contribution in [0, 0.1) is 0 Å². The Kier molecular flexibility index (Phi) is 4.30. The molecule has 0 bridgehead atoms. The summed E-state index contributed by atoms with van der Waals surface area (Å²) in [5, 5.41) is 15.8. The monoisotopic (exact) mass is 264 g/mol. The Morgan fingerprint density at radius 2 is 2.11 bits per heavy atom. The van der Waals surface area contributed by atoms with Crippen LogP contribution in [0.4, 0.5) is 0 Å². The first-order valence-corrected chi connectivity index (χ1v) is 6.37. The molecule has 6 nitrogen and oxygen atoms in total. The number of nitrogens with zero attached hydrogens (tertiary/aromatic N) is 3. The number of H-pyrrole nitrogens is 1. The van der Waals surface area contributed by atoms with E-state index in [4.69, 9.17) is 5.11 Å². The van der Waals surface area contributed by atoms with Crippen LogP contribution in [0.3, 0.4) is 0 Å². The van der Waals surface area contributed by atoms with Crippen LogP contribution in [-0.2, 0) is 17.6 Å². The first-order valence-electron chi connectivity index (χ1n) is 5.39. The maximum Gasteiger partial charge on any atom is 0.313 e. The van der Waals surface area contributed by atoms with Crippen LogP contribution in [0.15, 0.2) is 29.7 Å². The van der Waals surface area contributed by atoms with E-state index >= 15 is 0 Å². The van der Waals surface area contributed by atoms with Crippen molar-refractivity contribution in [3.8, 4) is 0 Å². The largest absolute Gasteiger partial charge is 0.481 e. The van der Waals surface area contributed by atoms with Crippen LogP contribution < -0.4 is 0 Å². The van der Waals surface area contributed by atoms with Crippen LogP contribution >= 0.6 is 11.8 Å². The van der Waals surface area contributed by atoms with Gasteiger partial charge in [-0.3, -0.25) is 14.9 Å². The summed E-state index contributed by atoms with van der Waals surface area (Å²) in [6.07, 6.45) is 5.10. The third kappa shape index (κ3) is 3.85. The van der Waals surface area contributed by atoms with Crippen molar-refractivity contribution in [1.82, 2.24) is 20.2 Å². The molecule has 0 aliphatic heterocycles. The highest BCUT2D eigenvalue weighted by Crippen LogP contribution is 2.12. The van der Waals surface area contributed by atoms with Crippen LogP contribution in [-0.4, -0.2) is 37.0 Å². The van der Waals surface area contributed by atoms with Gasteiger partial charge in [0.1, 0.15) is 5.82 Å². The van der Waals surface area contributed by atoms with E-state index in [1.807, 2.05) is 12.1 Å². The highest BCUT2D eigenvalue weighted by Gasteiger charge is 2.06. The molecule has 2 heterocycles. The van der Waals surface area contributed by atoms with E-state index in [9.17, 15) is 4.79 Å². The fraction of sp³-hybridized carbons (Fsp3) is 0.273. The van der Waals surface area contributed by atoms with Crippen LogP contribution in [0.25, 0.3) is 0 Å². The Hall–Kier alpha value is -1.89. The molecule has 0 radical (unpaired) electrons. The lowest BCUT2D eigenvalue weighted by molar-refractivity contribution is -0.133. The minimum absolute atomic E-state index is 0.0261. The number of hydrogen-bond donors (Lipinski definition) is 2. The summed E-state index contributed by atoms with van der Waals surface area (Å²) in [6, 6.07) is 3.91. The van der Waals surface area contributed by atoms with Crippen molar-refractivity contribution >= 4 is 17.7 Å². The zero-order valence-electron chi connectivity index (χ0n) is 9.54. The number of nitrogens with one attached hydrogen (secondary N) is 1. The quantitative estimate of drug-likeness (QED) is 0.761. The molecule has 0 saturated heterocycles. The Bertz CT molecular complexity index is 515. The first-order chi connectivity index (χ1) is 8.74. The molecule has 7 heteroatoms. The molecule has 2 aromatic heterocycles. The number of aliphatic carboxylic acids is 1. The maximum absolute atomic E-state index is 10.4. The predicted octanol–water partition coefficient (Wildman–Crippen LogP) is 1.16. The summed E-state index contributed by atoms with van der Waals surface area (Å²) in [4.78, 5) is 18.6. The molecule has 0 saturated carbocycles. The van der Waals surface area contributed by atoms with Gasteiger partial charge in [0.2, 0.25) is 5.16 Å². The van der Waals surface area contributed by atoms with Crippen LogP contribution in [0.5, 0.6) is 0 Å². The number of carbonyl (C=O) groups is 1. The summed E-state index contributed by atoms with van der Waals surface area (Å²) in [7, 11) is 0. The predicted molar refractivity (Wildman–Crippen MR) is 66.4 cm³/mol. The minimum atomic E-state index is -0.872. The van der Waals surface area contributed by atoms with Crippen molar-refractivity contribution in [2.45, 2.75) is 18.0 Å². The van der Waals surface area contributed by atoms with E-state index in [0.717, 1.165) is 30.4 Å². The van der Waals surface area contributed by atoms with Crippen molar-refractivity contribution in [3.63, 3.8) is 0 Å². The highest BCUT2D eigenvalue weighted by molar-refractivity contribution is 7.99. The van der Waals surface area contributed by atoms with E-state index in [-0.39, 0.29) is 5.75 Å². The van der Waals surface area contributed by atoms with Gasteiger partial charge in [0.15, 0.2) is 0 Å². The third-order valence-electron chi connectivity index (χ3n) is 2.24. The number of hydrogen-bond acceptors (Lipinski definition) is 5. The Morgan fingerprint density at radius 1 is 1.33 bits per heavy atom. The van der Waals surface area contributed by atoms with Gasteiger partial charge in [-0.25, -0.2) is 4.98 Å². The van der Waals surface area contributed by atoms with Gasteiger partial charge in [-0.15, -0.1) is 5.10 Å². The molecule has 2 rings (SSSR count). The molecule has 0 amide bonds. The smallest absolute Gasteiger partial charge is 0.313 e. The number of carboxylic acid groups (broad SMARTS) is 1. The number of carboxylic acids is 1. The minimum Gasteiger partial charge on any atom is -0.481 e. The maximum atomic E-state index is 10.4. The van der Waals surface area contributed by atoms with E-state index in [1.54, 1.807) is 12.4 Å². The highest BCUT2D eigenvalue weighted by atomic mass is 32.2. The summed E-state index contributed by atoms with van der Waals surface area (Å²) < 4.78 is 0. The average molecular weight is 264 g/mol. The molecular weight excluding hydrogens is 252 g/mol. The van der Waals surface area contributed by atoms with Gasteiger partial charge in [0.05, 0.1) is 5.75 Å². The number of thioether (sulfide) groups is 1. The average Bonchev–Trinajstić information content (AvgIpc) is 2.83. The fourth-order valence-electron chi connectivity index (χ4n) is 1.39. The van der Waals surface area contributed by atoms with Crippen LogP contribution in [0.1, 0.15) is 11.4 Å². The fourth-order valence-corrected chi connectivity index (χ4v) is 1.93. The van der Waals surface area contributed by atoms with E-state index < -0.39 is 5.97 Å². The summed E-state index contributed by atoms with van der Waals surface area (Å²) in [5.41, 5.74) is 1.18. The second-order valence-electron chi connectivity index (χ2n) is 3.60. The normalized spacial score (nSPS) is 10.4. The Morgan fingerprint density at radius 3 is 2.83 bits per heavy atom. The van der Waals surface area contributed by atoms with E-state index in [1.165, 1.54) is 5.56 Å². The van der Waals surface area contributed by atoms with Crippen molar-refractivity contribution in [2.75, 3.05) is 5.75 Å². The molecule has 0 aromatic carbocycles. The van der Waals surface area contributed by atoms with Crippen molar-refractivity contribution in [2.24, 2.45) is 0 Å². The van der Waals surface area contributed by atoms with Gasteiger partial charge >= 0.3 is 5.97 Å². The Labute approximate surface area is 108 Å². The number of aromatic amines is 1. The van der Waals surface area contributed by atoms with Gasteiger partial charge in [-0.2, -0.15) is 0 Å². The topological polar surface area (TPSA) is 91.8 Å². The molecule has 0 aliphatic carbocycles. The van der Waals surface area contributed by atoms with E-state index in [2.05, 4.69) is 20.2 Å². The van der Waals surface area contributed by atoms with Crippen molar-refractivity contribution in [1.29, 1.82) is 0 Å². The third-order valence-corrected chi connectivity index (χ3v) is 3.07. The zero-order chi connectivity index (χ0) is 12.8. The number of pyridine rings is 1. The van der Waals surface area contributed by atoms with Gasteiger partial charge in [0.25, 0.3) is 0 Å². The molecule has 0 atom stereocenters. The summed E-state index contributed by atoms with van der Waals surface area (Å²) in [5.74, 6) is -0.135. The number of rotatable bonds is 6. The molecule has 0 unspecified atom stereocenters. The standard InChI is InChI=1S/C11H12N4O2S/c16-10(17)7-18-11-13-9(14-15-11)2-1-8-3-5-12-6-4-8/h3-6H,1-2,7H2,(H,16,17)(H,13,14,15). The lowest BCUT2D eigenvalue weighted by atomic mass is 10.1. The molecule has 0 spiro atoms. The van der Waals surface area contributed by atoms with Crippen LogP contribution in [0.2, 0.25) is 0 Å². The summed E-state index contributed by atoms with van der Waals surface area (Å²) >= 11 is 1.11. The van der Waals surface area contributed by atoms with Gasteiger partial charge < -0.3 is 5.11 Å². The second-order valence-corrected chi connectivity index (χ2v) is 4.55. The molecule has 0 fully saturated rings. The zero-order valence-corrected chi connectivity index (χ0v) is 10.4. The molecule has 0 aliphatic rings. The molecule has 2 aromatic rings. The number of aromatic nitrogens is 4. The van der Waals surface area contributed by atoms with Gasteiger partial charge in [0, 0.05) is 18.8 Å². The van der Waals surface area contributed by atoms with E-state index in [0.29, 0.717) is 5.16 Å². The summed E-state index contributed by atoms with van der Waals surface area (Å²) in [6.45, 7) is 0. The first kappa shape index (κ1) is 12.6. The SMILES string of the molecule is O=C(O)CSc1n[nH]c(CCc2ccncc2)n1. The second kappa shape index (κ2) is 6.15. The molecule has 94 valence electrons. The molecule has 18 heavy (non-hydrogen) atoms. The van der Waals surface area contributed by atoms with Crippen molar-refractivity contribution < 1.29 is 9.90 Å². The molecular formula is C11H12N4O2S. The molecule has 2 N–H and O–H groups in total. The van der Waals surface area contributed by atoms with Gasteiger partial charge in [-0.1, -0.05) is 11.8 Å². The Balaban J connectivity index is 1.85. The number of aryl methyl sites for hydroxylation is 2. The lowest BCUT2D eigenvalue weighted by Crippen LogP contribution is -1.98. The van der Waals surface area contributed by atoms with Gasteiger partial charge in [-0.05, 0) is 24.1 Å².